The molecule has 4 aromatic rings. The maximum absolute atomic E-state index is 12.3. The second-order valence-electron chi connectivity index (χ2n) is 5.39. The maximum Gasteiger partial charge on any atom is 0.420 e. The summed E-state index contributed by atoms with van der Waals surface area (Å²) in [6, 6.07) is 16.5. The molecule has 0 spiro atoms. The summed E-state index contributed by atoms with van der Waals surface area (Å²) >= 11 is 0. The van der Waals surface area contributed by atoms with E-state index >= 15 is 0 Å². The van der Waals surface area contributed by atoms with E-state index < -0.39 is 5.76 Å². The third-order valence-corrected chi connectivity index (χ3v) is 3.75. The second kappa shape index (κ2) is 5.66. The fraction of sp³-hybridized carbons (Fsp3) is 0.0556. The zero-order valence-electron chi connectivity index (χ0n) is 12.6. The van der Waals surface area contributed by atoms with Crippen molar-refractivity contribution in [2.75, 3.05) is 5.32 Å². The van der Waals surface area contributed by atoms with Crippen LogP contribution in [0, 0.1) is 0 Å². The van der Waals surface area contributed by atoms with Gasteiger partial charge in [0.15, 0.2) is 5.58 Å². The van der Waals surface area contributed by atoms with E-state index in [1.807, 2.05) is 30.3 Å². The van der Waals surface area contributed by atoms with E-state index in [4.69, 9.17) is 4.42 Å². The number of aromatic nitrogens is 2. The van der Waals surface area contributed by atoms with E-state index in [0.717, 1.165) is 10.9 Å². The van der Waals surface area contributed by atoms with E-state index in [-0.39, 0.29) is 12.5 Å². The average Bonchev–Trinajstić information content (AvgIpc) is 2.90. The lowest BCUT2D eigenvalue weighted by Gasteiger charge is -2.06. The van der Waals surface area contributed by atoms with Gasteiger partial charge in [0, 0.05) is 5.39 Å². The number of nitrogens with one attached hydrogen (secondary N) is 1. The van der Waals surface area contributed by atoms with Crippen molar-refractivity contribution < 1.29 is 9.21 Å². The number of carbonyl (C=O) groups is 1. The van der Waals surface area contributed by atoms with Gasteiger partial charge in [-0.15, -0.1) is 0 Å². The Bertz CT molecular complexity index is 1110. The SMILES string of the molecule is O=C(Cn1c(=O)oc2ccccc21)Nc1cnc2ccccc2c1. The van der Waals surface area contributed by atoms with Gasteiger partial charge in [-0.25, -0.2) is 4.79 Å². The number of benzene rings is 2. The molecule has 1 N–H and O–H groups in total. The predicted octanol–water partition coefficient (Wildman–Crippen LogP) is 2.78. The summed E-state index contributed by atoms with van der Waals surface area (Å²) < 4.78 is 6.43. The molecule has 0 atom stereocenters. The molecule has 6 nitrogen and oxygen atoms in total. The van der Waals surface area contributed by atoms with Gasteiger partial charge < -0.3 is 9.73 Å². The highest BCUT2D eigenvalue weighted by Crippen LogP contribution is 2.16. The Morgan fingerprint density at radius 3 is 2.83 bits per heavy atom. The molecule has 0 radical (unpaired) electrons. The molecule has 0 saturated heterocycles. The van der Waals surface area contributed by atoms with Crippen LogP contribution in [0.5, 0.6) is 0 Å². The first-order valence-corrected chi connectivity index (χ1v) is 7.44. The van der Waals surface area contributed by atoms with Crippen LogP contribution in [0.2, 0.25) is 0 Å². The first kappa shape index (κ1) is 14.2. The van der Waals surface area contributed by atoms with Crippen LogP contribution in [0.4, 0.5) is 5.69 Å². The summed E-state index contributed by atoms with van der Waals surface area (Å²) in [5.41, 5.74) is 2.49. The number of oxazole rings is 1. The molecule has 2 aromatic heterocycles. The van der Waals surface area contributed by atoms with Crippen molar-refractivity contribution >= 4 is 33.6 Å². The number of rotatable bonds is 3. The van der Waals surface area contributed by atoms with Gasteiger partial charge >= 0.3 is 5.76 Å². The number of hydrogen-bond acceptors (Lipinski definition) is 4. The summed E-state index contributed by atoms with van der Waals surface area (Å²) in [6.45, 7) is -0.122. The second-order valence-corrected chi connectivity index (χ2v) is 5.39. The van der Waals surface area contributed by atoms with Gasteiger partial charge in [0.05, 0.1) is 22.9 Å². The van der Waals surface area contributed by atoms with Crippen molar-refractivity contribution in [2.45, 2.75) is 6.54 Å². The lowest BCUT2D eigenvalue weighted by molar-refractivity contribution is -0.116. The van der Waals surface area contributed by atoms with Gasteiger partial charge in [-0.1, -0.05) is 30.3 Å². The maximum atomic E-state index is 12.3. The topological polar surface area (TPSA) is 77.1 Å². The summed E-state index contributed by atoms with van der Waals surface area (Å²) in [4.78, 5) is 28.5. The van der Waals surface area contributed by atoms with Crippen LogP contribution in [-0.2, 0) is 11.3 Å². The molecular formula is C18H13N3O3. The van der Waals surface area contributed by atoms with Crippen molar-refractivity contribution in [3.05, 3.63) is 71.3 Å². The minimum atomic E-state index is -0.553. The standard InChI is InChI=1S/C18H13N3O3/c22-17(11-21-15-7-3-4-8-16(15)24-18(21)23)20-13-9-12-5-1-2-6-14(12)19-10-13/h1-10H,11H2,(H,20,22). The molecule has 0 saturated carbocycles. The summed E-state index contributed by atoms with van der Waals surface area (Å²) in [5.74, 6) is -0.872. The number of nitrogens with zero attached hydrogens (tertiary/aromatic N) is 2. The van der Waals surface area contributed by atoms with Gasteiger partial charge in [0.25, 0.3) is 0 Å². The minimum Gasteiger partial charge on any atom is -0.408 e. The van der Waals surface area contributed by atoms with Gasteiger partial charge in [-0.3, -0.25) is 14.3 Å². The number of hydrogen-bond donors (Lipinski definition) is 1. The van der Waals surface area contributed by atoms with Crippen LogP contribution < -0.4 is 11.1 Å². The lowest BCUT2D eigenvalue weighted by atomic mass is 10.2. The van der Waals surface area contributed by atoms with Crippen LogP contribution >= 0.6 is 0 Å². The van der Waals surface area contributed by atoms with Gasteiger partial charge in [-0.2, -0.15) is 0 Å². The zero-order chi connectivity index (χ0) is 16.5. The summed E-state index contributed by atoms with van der Waals surface area (Å²) in [7, 11) is 0. The molecule has 4 rings (SSSR count). The Morgan fingerprint density at radius 1 is 1.12 bits per heavy atom. The Morgan fingerprint density at radius 2 is 1.92 bits per heavy atom. The van der Waals surface area contributed by atoms with Crippen LogP contribution in [0.15, 0.2) is 70.0 Å². The normalized spacial score (nSPS) is 11.0. The molecule has 118 valence electrons. The Balaban J connectivity index is 1.59. The fourth-order valence-electron chi connectivity index (χ4n) is 2.65. The average molecular weight is 319 g/mol. The van der Waals surface area contributed by atoms with Crippen LogP contribution in [0.3, 0.4) is 0 Å². The van der Waals surface area contributed by atoms with Gasteiger partial charge in [0.1, 0.15) is 6.54 Å². The molecule has 6 heteroatoms. The largest absolute Gasteiger partial charge is 0.420 e. The number of carbonyl (C=O) groups excluding carboxylic acids is 1. The first-order chi connectivity index (χ1) is 11.7. The fourth-order valence-corrected chi connectivity index (χ4v) is 2.65. The van der Waals surface area contributed by atoms with E-state index in [1.165, 1.54) is 4.57 Å². The first-order valence-electron chi connectivity index (χ1n) is 7.44. The number of fused-ring (bicyclic) bond motifs is 2. The molecular weight excluding hydrogens is 306 g/mol. The van der Waals surface area contributed by atoms with Gasteiger partial charge in [0.2, 0.25) is 5.91 Å². The highest BCUT2D eigenvalue weighted by atomic mass is 16.4. The summed E-state index contributed by atoms with van der Waals surface area (Å²) in [5, 5.41) is 3.69. The third-order valence-electron chi connectivity index (χ3n) is 3.75. The van der Waals surface area contributed by atoms with Crippen molar-refractivity contribution in [3.63, 3.8) is 0 Å². The molecule has 0 fully saturated rings. The highest BCUT2D eigenvalue weighted by molar-refractivity contribution is 5.93. The predicted molar refractivity (Wildman–Crippen MR) is 90.8 cm³/mol. The molecule has 2 aromatic carbocycles. The Kier molecular flexibility index (Phi) is 3.35. The van der Waals surface area contributed by atoms with E-state index in [0.29, 0.717) is 16.8 Å². The number of amides is 1. The zero-order valence-corrected chi connectivity index (χ0v) is 12.6. The van der Waals surface area contributed by atoms with Crippen LogP contribution in [0.1, 0.15) is 0 Å². The number of anilines is 1. The van der Waals surface area contributed by atoms with Crippen LogP contribution in [-0.4, -0.2) is 15.5 Å². The molecule has 24 heavy (non-hydrogen) atoms. The molecule has 2 heterocycles. The Hall–Kier alpha value is -3.41. The molecule has 0 aliphatic heterocycles. The van der Waals surface area contributed by atoms with Crippen molar-refractivity contribution in [2.24, 2.45) is 0 Å². The van der Waals surface area contributed by atoms with Crippen molar-refractivity contribution in [1.29, 1.82) is 0 Å². The van der Waals surface area contributed by atoms with Gasteiger partial charge in [-0.05, 0) is 24.3 Å². The molecule has 0 aliphatic carbocycles. The third kappa shape index (κ3) is 2.54. The monoisotopic (exact) mass is 319 g/mol. The quantitative estimate of drug-likeness (QED) is 0.630. The van der Waals surface area contributed by atoms with Crippen molar-refractivity contribution in [1.82, 2.24) is 9.55 Å². The van der Waals surface area contributed by atoms with Crippen LogP contribution in [0.25, 0.3) is 22.0 Å². The summed E-state index contributed by atoms with van der Waals surface area (Å²) in [6.07, 6.45) is 1.59. The molecule has 0 aliphatic rings. The molecule has 1 amide bonds. The Labute approximate surface area is 136 Å². The van der Waals surface area contributed by atoms with E-state index in [1.54, 1.807) is 30.5 Å². The molecule has 0 bridgehead atoms. The molecule has 0 unspecified atom stereocenters. The highest BCUT2D eigenvalue weighted by Gasteiger charge is 2.12. The minimum absolute atomic E-state index is 0.122. The van der Waals surface area contributed by atoms with E-state index in [9.17, 15) is 9.59 Å². The smallest absolute Gasteiger partial charge is 0.408 e. The van der Waals surface area contributed by atoms with E-state index in [2.05, 4.69) is 10.3 Å². The number of pyridine rings is 1. The lowest BCUT2D eigenvalue weighted by Crippen LogP contribution is -2.24. The number of para-hydroxylation sites is 3. The van der Waals surface area contributed by atoms with Crippen molar-refractivity contribution in [3.8, 4) is 0 Å².